The van der Waals surface area contributed by atoms with Gasteiger partial charge in [0.05, 0.1) is 6.54 Å². The van der Waals surface area contributed by atoms with E-state index in [9.17, 15) is 18.8 Å². The zero-order valence-corrected chi connectivity index (χ0v) is 13.6. The quantitative estimate of drug-likeness (QED) is 0.798. The molecule has 0 bridgehead atoms. The maximum atomic E-state index is 12.8. The van der Waals surface area contributed by atoms with Gasteiger partial charge in [-0.1, -0.05) is 0 Å². The molecule has 2 rings (SSSR count). The summed E-state index contributed by atoms with van der Waals surface area (Å²) in [6.07, 6.45) is 1.68. The molecule has 0 aliphatic rings. The number of amides is 1. The van der Waals surface area contributed by atoms with Crippen LogP contribution < -0.4 is 10.7 Å². The normalized spacial score (nSPS) is 10.5. The van der Waals surface area contributed by atoms with Gasteiger partial charge in [0.2, 0.25) is 5.91 Å². The van der Waals surface area contributed by atoms with Crippen molar-refractivity contribution in [3.8, 4) is 0 Å². The standard InChI is InChI=1S/C18H19FN2O3/c1-11-9-20-15(12(2)18(11)24)10-21-17(23)8-7-16(22)13-3-5-14(19)6-4-13/h3-6,9H,7-8,10H2,1-2H3,(H,20,24)(H,21,23). The second kappa shape index (κ2) is 7.68. The summed E-state index contributed by atoms with van der Waals surface area (Å²) in [7, 11) is 0. The van der Waals surface area contributed by atoms with Crippen molar-refractivity contribution in [2.24, 2.45) is 0 Å². The van der Waals surface area contributed by atoms with Gasteiger partial charge in [0.1, 0.15) is 5.82 Å². The molecule has 2 N–H and O–H groups in total. The van der Waals surface area contributed by atoms with Gasteiger partial charge in [0.15, 0.2) is 11.2 Å². The molecule has 1 aromatic heterocycles. The Kier molecular flexibility index (Phi) is 5.63. The highest BCUT2D eigenvalue weighted by atomic mass is 19.1. The Morgan fingerprint density at radius 1 is 1.12 bits per heavy atom. The van der Waals surface area contributed by atoms with Crippen LogP contribution in [0.5, 0.6) is 0 Å². The number of benzene rings is 1. The fourth-order valence-corrected chi connectivity index (χ4v) is 2.27. The summed E-state index contributed by atoms with van der Waals surface area (Å²) >= 11 is 0. The van der Waals surface area contributed by atoms with Gasteiger partial charge in [-0.25, -0.2) is 4.39 Å². The highest BCUT2D eigenvalue weighted by molar-refractivity contribution is 5.97. The molecule has 1 aromatic carbocycles. The van der Waals surface area contributed by atoms with Gasteiger partial charge < -0.3 is 10.3 Å². The summed E-state index contributed by atoms with van der Waals surface area (Å²) in [6.45, 7) is 3.62. The lowest BCUT2D eigenvalue weighted by atomic mass is 10.1. The summed E-state index contributed by atoms with van der Waals surface area (Å²) in [5.41, 5.74) is 2.15. The molecule has 0 unspecified atom stereocenters. The van der Waals surface area contributed by atoms with E-state index < -0.39 is 5.82 Å². The largest absolute Gasteiger partial charge is 0.363 e. The van der Waals surface area contributed by atoms with Crippen molar-refractivity contribution in [3.63, 3.8) is 0 Å². The monoisotopic (exact) mass is 330 g/mol. The molecule has 5 nitrogen and oxygen atoms in total. The predicted molar refractivity (Wildman–Crippen MR) is 88.3 cm³/mol. The lowest BCUT2D eigenvalue weighted by molar-refractivity contribution is -0.121. The zero-order chi connectivity index (χ0) is 17.7. The van der Waals surface area contributed by atoms with Crippen LogP contribution in [0.2, 0.25) is 0 Å². The number of nitrogens with one attached hydrogen (secondary N) is 2. The van der Waals surface area contributed by atoms with Gasteiger partial charge >= 0.3 is 0 Å². The van der Waals surface area contributed by atoms with Crippen molar-refractivity contribution >= 4 is 11.7 Å². The lowest BCUT2D eigenvalue weighted by Gasteiger charge is -2.08. The predicted octanol–water partition coefficient (Wildman–Crippen LogP) is 2.41. The third kappa shape index (κ3) is 4.38. The molecule has 0 radical (unpaired) electrons. The molecule has 2 aromatic rings. The van der Waals surface area contributed by atoms with Crippen LogP contribution in [0.1, 0.15) is 40.0 Å². The van der Waals surface area contributed by atoms with Crippen molar-refractivity contribution in [3.05, 3.63) is 68.9 Å². The van der Waals surface area contributed by atoms with Crippen LogP contribution in [0.15, 0.2) is 35.3 Å². The minimum absolute atomic E-state index is 0.0331. The van der Waals surface area contributed by atoms with Crippen molar-refractivity contribution < 1.29 is 14.0 Å². The SMILES string of the molecule is Cc1c[nH]c(CNC(=O)CCC(=O)c2ccc(F)cc2)c(C)c1=O. The van der Waals surface area contributed by atoms with Crippen LogP contribution >= 0.6 is 0 Å². The molecule has 0 aliphatic heterocycles. The van der Waals surface area contributed by atoms with E-state index in [-0.39, 0.29) is 36.5 Å². The first-order valence-corrected chi connectivity index (χ1v) is 7.61. The molecule has 6 heteroatoms. The van der Waals surface area contributed by atoms with Gasteiger partial charge in [-0.3, -0.25) is 14.4 Å². The number of hydrogen-bond acceptors (Lipinski definition) is 3. The number of carbonyl (C=O) groups excluding carboxylic acids is 2. The van der Waals surface area contributed by atoms with E-state index >= 15 is 0 Å². The molecular formula is C18H19FN2O3. The van der Waals surface area contributed by atoms with Gasteiger partial charge in [0, 0.05) is 41.4 Å². The Bertz CT molecular complexity index is 810. The smallest absolute Gasteiger partial charge is 0.220 e. The first kappa shape index (κ1) is 17.6. The number of aromatic nitrogens is 1. The number of H-pyrrole nitrogens is 1. The summed E-state index contributed by atoms with van der Waals surface area (Å²) in [5.74, 6) is -0.914. The molecule has 24 heavy (non-hydrogen) atoms. The van der Waals surface area contributed by atoms with Crippen LogP contribution in [-0.2, 0) is 11.3 Å². The molecule has 1 heterocycles. The second-order valence-electron chi connectivity index (χ2n) is 5.61. The van der Waals surface area contributed by atoms with Crippen LogP contribution in [0, 0.1) is 19.7 Å². The topological polar surface area (TPSA) is 79.0 Å². The van der Waals surface area contributed by atoms with Crippen LogP contribution in [0.3, 0.4) is 0 Å². The Labute approximate surface area is 138 Å². The van der Waals surface area contributed by atoms with E-state index in [0.29, 0.717) is 22.4 Å². The van der Waals surface area contributed by atoms with Crippen molar-refractivity contribution in [1.29, 1.82) is 0 Å². The highest BCUT2D eigenvalue weighted by Gasteiger charge is 2.11. The number of hydrogen-bond donors (Lipinski definition) is 2. The van der Waals surface area contributed by atoms with E-state index in [1.807, 2.05) is 0 Å². The average Bonchev–Trinajstić information content (AvgIpc) is 2.57. The zero-order valence-electron chi connectivity index (χ0n) is 13.6. The summed E-state index contributed by atoms with van der Waals surface area (Å²) in [5, 5.41) is 2.68. The number of halogens is 1. The van der Waals surface area contributed by atoms with E-state index in [2.05, 4.69) is 10.3 Å². The van der Waals surface area contributed by atoms with E-state index in [1.54, 1.807) is 20.0 Å². The van der Waals surface area contributed by atoms with Crippen molar-refractivity contribution in [2.45, 2.75) is 33.2 Å². The minimum atomic E-state index is -0.410. The average molecular weight is 330 g/mol. The van der Waals surface area contributed by atoms with Gasteiger partial charge in [-0.05, 0) is 38.1 Å². The minimum Gasteiger partial charge on any atom is -0.363 e. The third-order valence-electron chi connectivity index (χ3n) is 3.82. The molecule has 0 saturated heterocycles. The number of Topliss-reactive ketones (excluding diaryl/α,β-unsaturated/α-hetero) is 1. The summed E-state index contributed by atoms with van der Waals surface area (Å²) in [4.78, 5) is 38.6. The number of aromatic amines is 1. The van der Waals surface area contributed by atoms with Crippen molar-refractivity contribution in [1.82, 2.24) is 10.3 Å². The first-order valence-electron chi connectivity index (χ1n) is 7.61. The molecular weight excluding hydrogens is 311 g/mol. The maximum absolute atomic E-state index is 12.8. The van der Waals surface area contributed by atoms with Gasteiger partial charge in [-0.15, -0.1) is 0 Å². The molecule has 0 spiro atoms. The van der Waals surface area contributed by atoms with Crippen molar-refractivity contribution in [2.75, 3.05) is 0 Å². The van der Waals surface area contributed by atoms with E-state index in [0.717, 1.165) is 0 Å². The number of pyridine rings is 1. The van der Waals surface area contributed by atoms with E-state index in [4.69, 9.17) is 0 Å². The first-order chi connectivity index (χ1) is 11.4. The molecule has 0 saturated carbocycles. The molecule has 0 aliphatic carbocycles. The molecule has 0 atom stereocenters. The molecule has 126 valence electrons. The molecule has 0 fully saturated rings. The Morgan fingerprint density at radius 2 is 1.79 bits per heavy atom. The van der Waals surface area contributed by atoms with Gasteiger partial charge in [0.25, 0.3) is 0 Å². The van der Waals surface area contributed by atoms with E-state index in [1.165, 1.54) is 24.3 Å². The molecule has 1 amide bonds. The Balaban J connectivity index is 1.86. The number of carbonyl (C=O) groups is 2. The lowest BCUT2D eigenvalue weighted by Crippen LogP contribution is -2.26. The number of ketones is 1. The highest BCUT2D eigenvalue weighted by Crippen LogP contribution is 2.07. The van der Waals surface area contributed by atoms with Gasteiger partial charge in [-0.2, -0.15) is 0 Å². The van der Waals surface area contributed by atoms with Crippen LogP contribution in [0.25, 0.3) is 0 Å². The maximum Gasteiger partial charge on any atom is 0.220 e. The fourth-order valence-electron chi connectivity index (χ4n) is 2.27. The van der Waals surface area contributed by atoms with Crippen LogP contribution in [0.4, 0.5) is 4.39 Å². The fraction of sp³-hybridized carbons (Fsp3) is 0.278. The summed E-state index contributed by atoms with van der Waals surface area (Å²) in [6, 6.07) is 5.22. The summed E-state index contributed by atoms with van der Waals surface area (Å²) < 4.78 is 12.8. The second-order valence-corrected chi connectivity index (χ2v) is 5.61. The number of aryl methyl sites for hydroxylation is 1. The Morgan fingerprint density at radius 3 is 2.46 bits per heavy atom. The number of rotatable bonds is 6. The van der Waals surface area contributed by atoms with Crippen LogP contribution in [-0.4, -0.2) is 16.7 Å². The third-order valence-corrected chi connectivity index (χ3v) is 3.82. The Hall–Kier alpha value is -2.76.